The van der Waals surface area contributed by atoms with Gasteiger partial charge in [-0.3, -0.25) is 0 Å². The minimum atomic E-state index is -3.49. The lowest BCUT2D eigenvalue weighted by Crippen LogP contribution is -2.37. The van der Waals surface area contributed by atoms with Crippen LogP contribution in [0, 0.1) is 6.92 Å². The predicted molar refractivity (Wildman–Crippen MR) is 93.7 cm³/mol. The molecule has 4 rings (SSSR count). The number of benzene rings is 2. The van der Waals surface area contributed by atoms with Crippen molar-refractivity contribution in [3.05, 3.63) is 54.2 Å². The Labute approximate surface area is 146 Å². The number of hydrogen-bond acceptors (Lipinski definition) is 5. The van der Waals surface area contributed by atoms with Gasteiger partial charge >= 0.3 is 0 Å². The Morgan fingerprint density at radius 2 is 1.80 bits per heavy atom. The lowest BCUT2D eigenvalue weighted by molar-refractivity contribution is 0.270. The van der Waals surface area contributed by atoms with E-state index in [0.29, 0.717) is 42.5 Å². The minimum absolute atomic E-state index is 0.129. The van der Waals surface area contributed by atoms with Gasteiger partial charge < -0.3 is 4.52 Å². The van der Waals surface area contributed by atoms with Gasteiger partial charge in [-0.1, -0.05) is 35.5 Å². The Hall–Kier alpha value is -2.25. The number of aromatic nitrogens is 2. The molecule has 2 heterocycles. The van der Waals surface area contributed by atoms with E-state index in [9.17, 15) is 8.42 Å². The first-order chi connectivity index (χ1) is 12.0. The summed E-state index contributed by atoms with van der Waals surface area (Å²) in [4.78, 5) is 4.61. The molecule has 25 heavy (non-hydrogen) atoms. The smallest absolute Gasteiger partial charge is 0.243 e. The first-order valence-electron chi connectivity index (χ1n) is 8.33. The van der Waals surface area contributed by atoms with E-state index in [2.05, 4.69) is 10.1 Å². The Balaban J connectivity index is 1.54. The van der Waals surface area contributed by atoms with E-state index in [0.717, 1.165) is 10.8 Å². The topological polar surface area (TPSA) is 76.3 Å². The molecule has 1 aliphatic heterocycles. The predicted octanol–water partition coefficient (Wildman–Crippen LogP) is 3.10. The molecule has 1 fully saturated rings. The lowest BCUT2D eigenvalue weighted by Gasteiger charge is -2.29. The average molecular weight is 357 g/mol. The van der Waals surface area contributed by atoms with E-state index in [1.54, 1.807) is 23.4 Å². The first kappa shape index (κ1) is 16.2. The molecule has 1 aliphatic rings. The third kappa shape index (κ3) is 3.05. The van der Waals surface area contributed by atoms with Gasteiger partial charge in [-0.25, -0.2) is 8.42 Å². The molecule has 0 bridgehead atoms. The summed E-state index contributed by atoms with van der Waals surface area (Å²) in [6, 6.07) is 13.1. The van der Waals surface area contributed by atoms with Gasteiger partial charge in [0, 0.05) is 19.0 Å². The fraction of sp³-hybridized carbons (Fsp3) is 0.333. The molecular formula is C18H19N3O3S. The van der Waals surface area contributed by atoms with E-state index in [-0.39, 0.29) is 5.92 Å². The van der Waals surface area contributed by atoms with Crippen LogP contribution in [0.2, 0.25) is 0 Å². The number of piperidine rings is 1. The molecule has 0 N–H and O–H groups in total. The number of hydrogen-bond donors (Lipinski definition) is 0. The molecule has 7 heteroatoms. The molecule has 130 valence electrons. The van der Waals surface area contributed by atoms with Gasteiger partial charge in [-0.05, 0) is 42.7 Å². The molecule has 3 aromatic rings. The molecule has 0 aliphatic carbocycles. The highest BCUT2D eigenvalue weighted by molar-refractivity contribution is 7.89. The zero-order chi connectivity index (χ0) is 17.4. The van der Waals surface area contributed by atoms with Crippen molar-refractivity contribution in [2.24, 2.45) is 0 Å². The van der Waals surface area contributed by atoms with Crippen LogP contribution in [0.3, 0.4) is 0 Å². The summed E-state index contributed by atoms with van der Waals surface area (Å²) in [5, 5.41) is 5.78. The average Bonchev–Trinajstić information content (AvgIpc) is 3.08. The summed E-state index contributed by atoms with van der Waals surface area (Å²) in [6.45, 7) is 2.70. The molecule has 1 saturated heterocycles. The van der Waals surface area contributed by atoms with Crippen LogP contribution in [0.15, 0.2) is 51.9 Å². The zero-order valence-electron chi connectivity index (χ0n) is 13.9. The number of rotatable bonds is 3. The van der Waals surface area contributed by atoms with E-state index >= 15 is 0 Å². The molecule has 0 spiro atoms. The summed E-state index contributed by atoms with van der Waals surface area (Å²) < 4.78 is 32.7. The second kappa shape index (κ2) is 6.24. The van der Waals surface area contributed by atoms with Gasteiger partial charge in [-0.2, -0.15) is 9.29 Å². The van der Waals surface area contributed by atoms with E-state index in [4.69, 9.17) is 4.52 Å². The van der Waals surface area contributed by atoms with Gasteiger partial charge in [0.15, 0.2) is 5.82 Å². The van der Waals surface area contributed by atoms with Crippen molar-refractivity contribution in [1.29, 1.82) is 0 Å². The number of fused-ring (bicyclic) bond motifs is 1. The second-order valence-electron chi connectivity index (χ2n) is 6.37. The fourth-order valence-corrected chi connectivity index (χ4v) is 4.80. The van der Waals surface area contributed by atoms with Crippen LogP contribution in [-0.4, -0.2) is 36.0 Å². The van der Waals surface area contributed by atoms with Gasteiger partial charge in [0.1, 0.15) is 0 Å². The maximum atomic E-state index is 13.0. The molecule has 0 unspecified atom stereocenters. The lowest BCUT2D eigenvalue weighted by atomic mass is 9.98. The Bertz CT molecular complexity index is 1010. The highest BCUT2D eigenvalue weighted by Gasteiger charge is 2.32. The van der Waals surface area contributed by atoms with Crippen molar-refractivity contribution in [2.75, 3.05) is 13.1 Å². The van der Waals surface area contributed by atoms with E-state index in [1.807, 2.05) is 30.3 Å². The standard InChI is InChI=1S/C18H19N3O3S/c1-13-19-18(24-20-13)15-8-10-21(11-9-15)25(22,23)17-7-6-14-4-2-3-5-16(14)12-17/h2-7,12,15H,8-11H2,1H3. The zero-order valence-corrected chi connectivity index (χ0v) is 14.7. The Kier molecular flexibility index (Phi) is 4.05. The van der Waals surface area contributed by atoms with Crippen LogP contribution in [0.25, 0.3) is 10.8 Å². The number of aryl methyl sites for hydroxylation is 1. The summed E-state index contributed by atoms with van der Waals surface area (Å²) in [5.74, 6) is 1.35. The summed E-state index contributed by atoms with van der Waals surface area (Å²) in [7, 11) is -3.49. The molecule has 0 amide bonds. The van der Waals surface area contributed by atoms with Crippen molar-refractivity contribution in [3.63, 3.8) is 0 Å². The van der Waals surface area contributed by atoms with Crippen LogP contribution in [0.1, 0.15) is 30.5 Å². The minimum Gasteiger partial charge on any atom is -0.339 e. The van der Waals surface area contributed by atoms with Crippen LogP contribution in [0.5, 0.6) is 0 Å². The SMILES string of the molecule is Cc1noc(C2CCN(S(=O)(=O)c3ccc4ccccc4c3)CC2)n1. The fourth-order valence-electron chi connectivity index (χ4n) is 3.30. The molecular weight excluding hydrogens is 338 g/mol. The van der Waals surface area contributed by atoms with Crippen molar-refractivity contribution < 1.29 is 12.9 Å². The highest BCUT2D eigenvalue weighted by Crippen LogP contribution is 2.30. The van der Waals surface area contributed by atoms with Crippen molar-refractivity contribution in [2.45, 2.75) is 30.6 Å². The van der Waals surface area contributed by atoms with Crippen molar-refractivity contribution in [3.8, 4) is 0 Å². The van der Waals surface area contributed by atoms with Crippen molar-refractivity contribution >= 4 is 20.8 Å². The summed E-state index contributed by atoms with van der Waals surface area (Å²) >= 11 is 0. The normalized spacial score (nSPS) is 17.2. The number of sulfonamides is 1. The molecule has 2 aromatic carbocycles. The molecule has 6 nitrogen and oxygen atoms in total. The van der Waals surface area contributed by atoms with Crippen LogP contribution in [0.4, 0.5) is 0 Å². The molecule has 0 radical (unpaired) electrons. The third-order valence-electron chi connectivity index (χ3n) is 4.71. The van der Waals surface area contributed by atoms with Crippen LogP contribution < -0.4 is 0 Å². The second-order valence-corrected chi connectivity index (χ2v) is 8.31. The molecule has 0 saturated carbocycles. The molecule has 1 aromatic heterocycles. The Morgan fingerprint density at radius 3 is 2.48 bits per heavy atom. The Morgan fingerprint density at radius 1 is 1.08 bits per heavy atom. The van der Waals surface area contributed by atoms with Crippen LogP contribution >= 0.6 is 0 Å². The van der Waals surface area contributed by atoms with Crippen molar-refractivity contribution in [1.82, 2.24) is 14.4 Å². The van der Waals surface area contributed by atoms with Gasteiger partial charge in [0.2, 0.25) is 15.9 Å². The van der Waals surface area contributed by atoms with Crippen LogP contribution in [-0.2, 0) is 10.0 Å². The molecule has 0 atom stereocenters. The first-order valence-corrected chi connectivity index (χ1v) is 9.77. The van der Waals surface area contributed by atoms with Gasteiger partial charge in [0.05, 0.1) is 4.90 Å². The van der Waals surface area contributed by atoms with E-state index < -0.39 is 10.0 Å². The van der Waals surface area contributed by atoms with E-state index in [1.165, 1.54) is 0 Å². The number of nitrogens with zero attached hydrogens (tertiary/aromatic N) is 3. The summed E-state index contributed by atoms with van der Waals surface area (Å²) in [6.07, 6.45) is 1.38. The monoisotopic (exact) mass is 357 g/mol. The summed E-state index contributed by atoms with van der Waals surface area (Å²) in [5.41, 5.74) is 0. The van der Waals surface area contributed by atoms with Gasteiger partial charge in [-0.15, -0.1) is 0 Å². The maximum absolute atomic E-state index is 13.0. The quantitative estimate of drug-likeness (QED) is 0.720. The highest BCUT2D eigenvalue weighted by atomic mass is 32.2. The van der Waals surface area contributed by atoms with Gasteiger partial charge in [0.25, 0.3) is 0 Å². The third-order valence-corrected chi connectivity index (χ3v) is 6.60. The largest absolute Gasteiger partial charge is 0.339 e. The maximum Gasteiger partial charge on any atom is 0.243 e.